The van der Waals surface area contributed by atoms with Crippen molar-refractivity contribution in [2.24, 2.45) is 0 Å². The van der Waals surface area contributed by atoms with Crippen molar-refractivity contribution in [3.05, 3.63) is 30.1 Å². The van der Waals surface area contributed by atoms with Crippen LogP contribution in [0.1, 0.15) is 43.5 Å². The first-order valence-corrected chi connectivity index (χ1v) is 7.74. The molecule has 0 N–H and O–H groups in total. The molecule has 2 atom stereocenters. The van der Waals surface area contributed by atoms with Gasteiger partial charge in [-0.1, -0.05) is 0 Å². The standard InChI is InChI=1S/C15H22N6O/c1-11(20-9-5-7-16-20)15(22)19-8-4-6-14(10-19)21-13(3)17-12(2)18-21/h5,7,9,11,14H,4,6,8,10H2,1-3H3/t11-,14+/m0/s1. The van der Waals surface area contributed by atoms with Crippen LogP contribution in [-0.2, 0) is 4.79 Å². The lowest BCUT2D eigenvalue weighted by atomic mass is 10.0. The highest BCUT2D eigenvalue weighted by molar-refractivity contribution is 5.80. The Hall–Kier alpha value is -2.18. The number of aryl methyl sites for hydroxylation is 2. The van der Waals surface area contributed by atoms with Gasteiger partial charge in [0.25, 0.3) is 0 Å². The summed E-state index contributed by atoms with van der Waals surface area (Å²) in [5.41, 5.74) is 0. The van der Waals surface area contributed by atoms with Crippen LogP contribution in [0.4, 0.5) is 0 Å². The monoisotopic (exact) mass is 302 g/mol. The van der Waals surface area contributed by atoms with E-state index in [-0.39, 0.29) is 18.0 Å². The van der Waals surface area contributed by atoms with E-state index in [1.807, 2.05) is 42.6 Å². The topological polar surface area (TPSA) is 68.8 Å². The van der Waals surface area contributed by atoms with Crippen LogP contribution in [-0.4, -0.2) is 48.4 Å². The Kier molecular flexibility index (Phi) is 3.96. The molecule has 1 aliphatic rings. The Balaban J connectivity index is 1.73. The molecule has 0 bridgehead atoms. The molecule has 0 radical (unpaired) electrons. The van der Waals surface area contributed by atoms with Crippen LogP contribution in [0.25, 0.3) is 0 Å². The van der Waals surface area contributed by atoms with Gasteiger partial charge in [0, 0.05) is 25.5 Å². The zero-order valence-corrected chi connectivity index (χ0v) is 13.3. The minimum Gasteiger partial charge on any atom is -0.339 e. The van der Waals surface area contributed by atoms with Crippen LogP contribution < -0.4 is 0 Å². The molecule has 1 fully saturated rings. The minimum atomic E-state index is -0.271. The van der Waals surface area contributed by atoms with Crippen molar-refractivity contribution in [1.29, 1.82) is 0 Å². The molecule has 7 heteroatoms. The number of rotatable bonds is 3. The molecule has 0 saturated carbocycles. The van der Waals surface area contributed by atoms with E-state index >= 15 is 0 Å². The number of carbonyl (C=O) groups is 1. The van der Waals surface area contributed by atoms with E-state index < -0.39 is 0 Å². The van der Waals surface area contributed by atoms with E-state index in [2.05, 4.69) is 15.2 Å². The maximum Gasteiger partial charge on any atom is 0.247 e. The molecule has 0 spiro atoms. The lowest BCUT2D eigenvalue weighted by molar-refractivity contribution is -0.136. The SMILES string of the molecule is Cc1nc(C)n([C@@H]2CCCN(C(=O)[C@H](C)n3cccn3)C2)n1. The first-order chi connectivity index (χ1) is 10.6. The molecule has 1 aliphatic heterocycles. The summed E-state index contributed by atoms with van der Waals surface area (Å²) in [5.74, 6) is 1.81. The van der Waals surface area contributed by atoms with E-state index in [1.165, 1.54) is 0 Å². The van der Waals surface area contributed by atoms with Gasteiger partial charge >= 0.3 is 0 Å². The number of aromatic nitrogens is 5. The molecular weight excluding hydrogens is 280 g/mol. The van der Waals surface area contributed by atoms with Gasteiger partial charge in [-0.05, 0) is 39.7 Å². The van der Waals surface area contributed by atoms with Crippen LogP contribution in [0, 0.1) is 13.8 Å². The number of piperidine rings is 1. The average Bonchev–Trinajstić information content (AvgIpc) is 3.15. The fraction of sp³-hybridized carbons (Fsp3) is 0.600. The number of hydrogen-bond acceptors (Lipinski definition) is 4. The van der Waals surface area contributed by atoms with Crippen molar-refractivity contribution >= 4 is 5.91 Å². The third-order valence-corrected chi connectivity index (χ3v) is 4.24. The normalized spacial score (nSPS) is 20.1. The third kappa shape index (κ3) is 2.75. The highest BCUT2D eigenvalue weighted by Crippen LogP contribution is 2.24. The molecular formula is C15H22N6O. The van der Waals surface area contributed by atoms with Crippen LogP contribution in [0.3, 0.4) is 0 Å². The molecule has 3 rings (SSSR count). The lowest BCUT2D eigenvalue weighted by Gasteiger charge is -2.34. The number of likely N-dealkylation sites (tertiary alicyclic amines) is 1. The predicted octanol–water partition coefficient (Wildman–Crippen LogP) is 1.52. The number of carbonyl (C=O) groups excluding carboxylic acids is 1. The van der Waals surface area contributed by atoms with Gasteiger partial charge in [0.1, 0.15) is 17.7 Å². The highest BCUT2D eigenvalue weighted by atomic mass is 16.2. The second-order valence-corrected chi connectivity index (χ2v) is 5.89. The summed E-state index contributed by atoms with van der Waals surface area (Å²) in [4.78, 5) is 19.0. The number of nitrogens with zero attached hydrogens (tertiary/aromatic N) is 6. The first kappa shape index (κ1) is 14.7. The molecule has 2 aromatic rings. The van der Waals surface area contributed by atoms with E-state index in [9.17, 15) is 4.79 Å². The summed E-state index contributed by atoms with van der Waals surface area (Å²) >= 11 is 0. The van der Waals surface area contributed by atoms with Gasteiger partial charge in [-0.25, -0.2) is 9.67 Å². The summed E-state index contributed by atoms with van der Waals surface area (Å²) in [5, 5.41) is 8.64. The van der Waals surface area contributed by atoms with Crippen molar-refractivity contribution in [3.8, 4) is 0 Å². The Morgan fingerprint density at radius 3 is 2.86 bits per heavy atom. The van der Waals surface area contributed by atoms with E-state index in [0.29, 0.717) is 6.54 Å². The Bertz CT molecular complexity index is 647. The molecule has 2 aromatic heterocycles. The molecule has 3 heterocycles. The second-order valence-electron chi connectivity index (χ2n) is 5.89. The number of hydrogen-bond donors (Lipinski definition) is 0. The summed E-state index contributed by atoms with van der Waals surface area (Å²) < 4.78 is 3.67. The van der Waals surface area contributed by atoms with E-state index in [4.69, 9.17) is 0 Å². The molecule has 0 aliphatic carbocycles. The van der Waals surface area contributed by atoms with Crippen LogP contribution in [0.2, 0.25) is 0 Å². The van der Waals surface area contributed by atoms with Crippen molar-refractivity contribution in [2.75, 3.05) is 13.1 Å². The van der Waals surface area contributed by atoms with Crippen molar-refractivity contribution < 1.29 is 4.79 Å². The average molecular weight is 302 g/mol. The minimum absolute atomic E-state index is 0.114. The largest absolute Gasteiger partial charge is 0.339 e. The van der Waals surface area contributed by atoms with E-state index in [1.54, 1.807) is 10.9 Å². The molecule has 7 nitrogen and oxygen atoms in total. The molecule has 0 aromatic carbocycles. The second kappa shape index (κ2) is 5.90. The lowest BCUT2D eigenvalue weighted by Crippen LogP contribution is -2.44. The van der Waals surface area contributed by atoms with Gasteiger partial charge in [0.15, 0.2) is 0 Å². The van der Waals surface area contributed by atoms with Gasteiger partial charge in [0.2, 0.25) is 5.91 Å². The molecule has 1 amide bonds. The van der Waals surface area contributed by atoms with Gasteiger partial charge in [-0.2, -0.15) is 10.2 Å². The maximum atomic E-state index is 12.7. The summed E-state index contributed by atoms with van der Waals surface area (Å²) in [6, 6.07) is 1.78. The zero-order chi connectivity index (χ0) is 15.7. The van der Waals surface area contributed by atoms with Gasteiger partial charge in [0.05, 0.1) is 6.04 Å². The van der Waals surface area contributed by atoms with Crippen LogP contribution in [0.15, 0.2) is 18.5 Å². The first-order valence-electron chi connectivity index (χ1n) is 7.74. The quantitative estimate of drug-likeness (QED) is 0.862. The maximum absolute atomic E-state index is 12.7. The Labute approximate surface area is 129 Å². The predicted molar refractivity (Wildman–Crippen MR) is 81.3 cm³/mol. The summed E-state index contributed by atoms with van der Waals surface area (Å²) in [6.45, 7) is 7.24. The Morgan fingerprint density at radius 1 is 1.41 bits per heavy atom. The van der Waals surface area contributed by atoms with Crippen LogP contribution >= 0.6 is 0 Å². The fourth-order valence-electron chi connectivity index (χ4n) is 3.12. The summed E-state index contributed by atoms with van der Waals surface area (Å²) in [7, 11) is 0. The molecule has 1 saturated heterocycles. The molecule has 22 heavy (non-hydrogen) atoms. The highest BCUT2D eigenvalue weighted by Gasteiger charge is 2.29. The Morgan fingerprint density at radius 2 is 2.23 bits per heavy atom. The number of amides is 1. The van der Waals surface area contributed by atoms with Crippen molar-refractivity contribution in [1.82, 2.24) is 29.4 Å². The molecule has 0 unspecified atom stereocenters. The smallest absolute Gasteiger partial charge is 0.247 e. The third-order valence-electron chi connectivity index (χ3n) is 4.24. The van der Waals surface area contributed by atoms with E-state index in [0.717, 1.165) is 31.0 Å². The van der Waals surface area contributed by atoms with Crippen molar-refractivity contribution in [2.45, 2.75) is 45.7 Å². The summed E-state index contributed by atoms with van der Waals surface area (Å²) in [6.07, 6.45) is 5.55. The molecule has 118 valence electrons. The van der Waals surface area contributed by atoms with Gasteiger partial charge in [-0.3, -0.25) is 9.48 Å². The van der Waals surface area contributed by atoms with Crippen LogP contribution in [0.5, 0.6) is 0 Å². The van der Waals surface area contributed by atoms with Gasteiger partial charge in [-0.15, -0.1) is 0 Å². The zero-order valence-electron chi connectivity index (χ0n) is 13.3. The van der Waals surface area contributed by atoms with Gasteiger partial charge < -0.3 is 4.90 Å². The fourth-order valence-corrected chi connectivity index (χ4v) is 3.12. The van der Waals surface area contributed by atoms with Crippen molar-refractivity contribution in [3.63, 3.8) is 0 Å².